The number of carbonyl (C=O) groups is 2. The summed E-state index contributed by atoms with van der Waals surface area (Å²) in [6, 6.07) is 10.0. The van der Waals surface area contributed by atoms with Crippen molar-refractivity contribution in [3.63, 3.8) is 0 Å². The van der Waals surface area contributed by atoms with Gasteiger partial charge in [-0.2, -0.15) is 0 Å². The summed E-state index contributed by atoms with van der Waals surface area (Å²) in [5, 5.41) is 2.74. The molecule has 0 spiro atoms. The Morgan fingerprint density at radius 2 is 1.91 bits per heavy atom. The highest BCUT2D eigenvalue weighted by Crippen LogP contribution is 2.28. The summed E-state index contributed by atoms with van der Waals surface area (Å²) in [7, 11) is 1.58. The van der Waals surface area contributed by atoms with Crippen molar-refractivity contribution in [1.29, 1.82) is 0 Å². The van der Waals surface area contributed by atoms with Gasteiger partial charge >= 0.3 is 0 Å². The number of hydrogen-bond acceptors (Lipinski definition) is 8. The molecule has 10 nitrogen and oxygen atoms in total. The smallest absolute Gasteiger partial charge is 0.274 e. The van der Waals surface area contributed by atoms with E-state index in [0.717, 1.165) is 19.5 Å². The van der Waals surface area contributed by atoms with Crippen LogP contribution in [0.2, 0.25) is 0 Å². The minimum atomic E-state index is -0.380. The minimum absolute atomic E-state index is 0.152. The average molecular weight is 463 g/mol. The van der Waals surface area contributed by atoms with E-state index in [9.17, 15) is 9.59 Å². The van der Waals surface area contributed by atoms with Crippen molar-refractivity contribution in [2.24, 2.45) is 0 Å². The first kappa shape index (κ1) is 23.1. The fourth-order valence-corrected chi connectivity index (χ4v) is 3.24. The van der Waals surface area contributed by atoms with E-state index < -0.39 is 0 Å². The number of likely N-dealkylation sites (tertiary alicyclic amines) is 1. The molecule has 0 radical (unpaired) electrons. The lowest BCUT2D eigenvalue weighted by atomic mass is 10.2. The number of nitrogens with zero attached hydrogens (tertiary/aromatic N) is 4. The van der Waals surface area contributed by atoms with Crippen molar-refractivity contribution in [2.75, 3.05) is 32.1 Å². The molecule has 1 saturated heterocycles. The van der Waals surface area contributed by atoms with Gasteiger partial charge in [-0.05, 0) is 37.6 Å². The van der Waals surface area contributed by atoms with E-state index in [0.29, 0.717) is 29.5 Å². The third-order valence-electron chi connectivity index (χ3n) is 5.00. The van der Waals surface area contributed by atoms with Gasteiger partial charge in [0.15, 0.2) is 0 Å². The van der Waals surface area contributed by atoms with Crippen LogP contribution in [0.15, 0.2) is 55.0 Å². The van der Waals surface area contributed by atoms with Crippen LogP contribution < -0.4 is 14.8 Å². The lowest BCUT2D eigenvalue weighted by molar-refractivity contribution is 0.0645. The topological polar surface area (TPSA) is 116 Å². The third-order valence-corrected chi connectivity index (χ3v) is 5.00. The Morgan fingerprint density at radius 1 is 1.09 bits per heavy atom. The number of nitrogens with one attached hydrogen (secondary N) is 1. The maximum atomic E-state index is 12.8. The van der Waals surface area contributed by atoms with Crippen molar-refractivity contribution in [3.8, 4) is 17.4 Å². The molecule has 176 valence electrons. The first-order valence-electron chi connectivity index (χ1n) is 10.8. The highest BCUT2D eigenvalue weighted by molar-refractivity contribution is 6.04. The second kappa shape index (κ2) is 10.7. The molecule has 2 amide bonds. The summed E-state index contributed by atoms with van der Waals surface area (Å²) < 4.78 is 16.8. The Kier molecular flexibility index (Phi) is 7.28. The van der Waals surface area contributed by atoms with Crippen LogP contribution in [0.25, 0.3) is 0 Å². The molecule has 3 heterocycles. The lowest BCUT2D eigenvalue weighted by Gasteiger charge is -2.30. The van der Waals surface area contributed by atoms with Gasteiger partial charge in [-0.25, -0.2) is 15.0 Å². The molecule has 1 aliphatic heterocycles. The van der Waals surface area contributed by atoms with Gasteiger partial charge < -0.3 is 24.4 Å². The monoisotopic (exact) mass is 463 g/mol. The van der Waals surface area contributed by atoms with Crippen LogP contribution >= 0.6 is 0 Å². The van der Waals surface area contributed by atoms with E-state index in [1.54, 1.807) is 54.6 Å². The predicted molar refractivity (Wildman–Crippen MR) is 123 cm³/mol. The molecule has 0 saturated carbocycles. The number of rotatable bonds is 9. The maximum absolute atomic E-state index is 12.8. The number of aromatic nitrogens is 3. The van der Waals surface area contributed by atoms with Crippen LogP contribution in [-0.4, -0.2) is 64.6 Å². The highest BCUT2D eigenvalue weighted by atomic mass is 16.5. The van der Waals surface area contributed by atoms with Crippen LogP contribution in [0.1, 0.15) is 34.2 Å². The molecule has 4 rings (SSSR count). The summed E-state index contributed by atoms with van der Waals surface area (Å²) in [4.78, 5) is 39.3. The quantitative estimate of drug-likeness (QED) is 0.514. The van der Waals surface area contributed by atoms with Crippen LogP contribution in [0.5, 0.6) is 17.4 Å². The largest absolute Gasteiger partial charge is 0.488 e. The summed E-state index contributed by atoms with van der Waals surface area (Å²) in [6.45, 7) is 3.69. The van der Waals surface area contributed by atoms with Gasteiger partial charge in [-0.1, -0.05) is 6.07 Å². The Hall–Kier alpha value is -4.05. The van der Waals surface area contributed by atoms with E-state index in [1.165, 1.54) is 12.4 Å². The SMILES string of the molecule is COCC(C)Oc1cc(Oc2cnc(C(=O)N3CCC3)cn2)cc(C(=O)Nc2ccccn2)c1. The fourth-order valence-electron chi connectivity index (χ4n) is 3.24. The van der Waals surface area contributed by atoms with E-state index in [4.69, 9.17) is 14.2 Å². The number of carbonyl (C=O) groups excluding carboxylic acids is 2. The first-order valence-corrected chi connectivity index (χ1v) is 10.8. The summed E-state index contributed by atoms with van der Waals surface area (Å²) >= 11 is 0. The molecule has 0 aliphatic carbocycles. The number of methoxy groups -OCH3 is 1. The van der Waals surface area contributed by atoms with Crippen molar-refractivity contribution in [1.82, 2.24) is 19.9 Å². The van der Waals surface area contributed by atoms with E-state index in [2.05, 4.69) is 20.3 Å². The number of amides is 2. The van der Waals surface area contributed by atoms with E-state index in [1.807, 2.05) is 6.92 Å². The zero-order chi connectivity index (χ0) is 23.9. The number of hydrogen-bond donors (Lipinski definition) is 1. The van der Waals surface area contributed by atoms with Crippen molar-refractivity contribution >= 4 is 17.6 Å². The second-order valence-corrected chi connectivity index (χ2v) is 7.73. The van der Waals surface area contributed by atoms with Crippen molar-refractivity contribution in [3.05, 3.63) is 66.2 Å². The molecule has 3 aromatic rings. The van der Waals surface area contributed by atoms with Gasteiger partial charge in [0.25, 0.3) is 11.8 Å². The second-order valence-electron chi connectivity index (χ2n) is 7.73. The van der Waals surface area contributed by atoms with Crippen LogP contribution in [-0.2, 0) is 4.74 Å². The minimum Gasteiger partial charge on any atom is -0.488 e. The van der Waals surface area contributed by atoms with E-state index in [-0.39, 0.29) is 29.5 Å². The van der Waals surface area contributed by atoms with Gasteiger partial charge in [0, 0.05) is 38.0 Å². The Balaban J connectivity index is 1.54. The third kappa shape index (κ3) is 5.84. The average Bonchev–Trinajstić information content (AvgIpc) is 2.79. The fraction of sp³-hybridized carbons (Fsp3) is 0.292. The Bertz CT molecular complexity index is 1140. The Labute approximate surface area is 196 Å². The molecule has 1 aliphatic rings. The van der Waals surface area contributed by atoms with E-state index >= 15 is 0 Å². The summed E-state index contributed by atoms with van der Waals surface area (Å²) in [5.74, 6) is 0.812. The molecule has 1 unspecified atom stereocenters. The molecular weight excluding hydrogens is 438 g/mol. The van der Waals surface area contributed by atoms with Gasteiger partial charge in [-0.15, -0.1) is 0 Å². The maximum Gasteiger partial charge on any atom is 0.274 e. The number of pyridine rings is 1. The molecule has 10 heteroatoms. The standard InChI is InChI=1S/C24H25N5O5/c1-16(15-32-2)33-18-10-17(23(30)28-21-6-3-4-7-25-21)11-19(12-18)34-22-14-26-20(13-27-22)24(31)29-8-5-9-29/h3-4,6-7,10-14,16H,5,8-9,15H2,1-2H3,(H,25,28,30). The number of anilines is 1. The van der Waals surface area contributed by atoms with Crippen LogP contribution in [0.4, 0.5) is 5.82 Å². The van der Waals surface area contributed by atoms with Gasteiger partial charge in [0.1, 0.15) is 29.1 Å². The molecule has 0 bridgehead atoms. The van der Waals surface area contributed by atoms with Gasteiger partial charge in [0.2, 0.25) is 5.88 Å². The zero-order valence-corrected chi connectivity index (χ0v) is 18.9. The molecule has 1 aromatic carbocycles. The molecule has 1 atom stereocenters. The van der Waals surface area contributed by atoms with Gasteiger partial charge in [0.05, 0.1) is 19.0 Å². The lowest BCUT2D eigenvalue weighted by Crippen LogP contribution is -2.42. The van der Waals surface area contributed by atoms with Gasteiger partial charge in [-0.3, -0.25) is 9.59 Å². The summed E-state index contributed by atoms with van der Waals surface area (Å²) in [5.41, 5.74) is 0.563. The first-order chi connectivity index (χ1) is 16.5. The predicted octanol–water partition coefficient (Wildman–Crippen LogP) is 3.18. The summed E-state index contributed by atoms with van der Waals surface area (Å²) in [6.07, 6.45) is 5.09. The molecule has 2 aromatic heterocycles. The normalized spacial score (nSPS) is 13.5. The Morgan fingerprint density at radius 3 is 2.56 bits per heavy atom. The van der Waals surface area contributed by atoms with Crippen LogP contribution in [0, 0.1) is 0 Å². The number of benzene rings is 1. The molecule has 34 heavy (non-hydrogen) atoms. The van der Waals surface area contributed by atoms with Crippen molar-refractivity contribution in [2.45, 2.75) is 19.4 Å². The highest BCUT2D eigenvalue weighted by Gasteiger charge is 2.23. The molecule has 1 N–H and O–H groups in total. The molecule has 1 fully saturated rings. The number of ether oxygens (including phenoxy) is 3. The zero-order valence-electron chi connectivity index (χ0n) is 18.9. The molecular formula is C24H25N5O5. The van der Waals surface area contributed by atoms with Crippen molar-refractivity contribution < 1.29 is 23.8 Å². The van der Waals surface area contributed by atoms with Crippen LogP contribution in [0.3, 0.4) is 0 Å².